The molecule has 2 atom stereocenters. The highest BCUT2D eigenvalue weighted by atomic mass is 32.2. The summed E-state index contributed by atoms with van der Waals surface area (Å²) in [5.41, 5.74) is 0.516. The molecule has 1 N–H and O–H groups in total. The molecule has 0 saturated carbocycles. The molecular formula is C11H13N3OS. The van der Waals surface area contributed by atoms with Crippen LogP contribution in [0.1, 0.15) is 18.4 Å². The summed E-state index contributed by atoms with van der Waals surface area (Å²) in [5.74, 6) is 0. The molecule has 0 aromatic carbocycles. The molecule has 4 nitrogen and oxygen atoms in total. The van der Waals surface area contributed by atoms with Gasteiger partial charge in [-0.2, -0.15) is 5.26 Å². The first-order chi connectivity index (χ1) is 7.81. The Morgan fingerprint density at radius 3 is 3.19 bits per heavy atom. The minimum absolute atomic E-state index is 0.121. The highest BCUT2D eigenvalue weighted by Crippen LogP contribution is 2.15. The lowest BCUT2D eigenvalue weighted by Crippen LogP contribution is -2.36. The molecule has 84 valence electrons. The van der Waals surface area contributed by atoms with Gasteiger partial charge in [0.05, 0.1) is 27.7 Å². The van der Waals surface area contributed by atoms with Crippen molar-refractivity contribution in [2.45, 2.75) is 23.1 Å². The molecule has 0 unspecified atom stereocenters. The Hall–Kier alpha value is -1.25. The van der Waals surface area contributed by atoms with Crippen molar-refractivity contribution in [3.8, 4) is 6.07 Å². The number of hydrogen-bond donors (Lipinski definition) is 1. The average Bonchev–Trinajstić information content (AvgIpc) is 2.39. The highest BCUT2D eigenvalue weighted by molar-refractivity contribution is 7.85. The minimum Gasteiger partial charge on any atom is -0.316 e. The van der Waals surface area contributed by atoms with E-state index in [0.717, 1.165) is 25.9 Å². The molecule has 16 heavy (non-hydrogen) atoms. The van der Waals surface area contributed by atoms with E-state index in [1.807, 2.05) is 6.07 Å². The lowest BCUT2D eigenvalue weighted by atomic mass is 10.2. The van der Waals surface area contributed by atoms with Gasteiger partial charge in [0.2, 0.25) is 0 Å². The van der Waals surface area contributed by atoms with Crippen LogP contribution in [0.5, 0.6) is 0 Å². The zero-order valence-electron chi connectivity index (χ0n) is 8.85. The van der Waals surface area contributed by atoms with E-state index in [4.69, 9.17) is 5.26 Å². The van der Waals surface area contributed by atoms with Gasteiger partial charge in [-0.1, -0.05) is 0 Å². The standard InChI is InChI=1S/C11H13N3OS/c12-7-9-3-5-14-11(6-9)16(15)10-2-1-4-13-8-10/h3,5-6,10,13H,1-2,4,8H2/t10-,16+/m1/s1. The Bertz CT molecular complexity index is 435. The monoisotopic (exact) mass is 235 g/mol. The van der Waals surface area contributed by atoms with Crippen LogP contribution in [-0.4, -0.2) is 27.5 Å². The number of nitrogens with one attached hydrogen (secondary N) is 1. The van der Waals surface area contributed by atoms with E-state index in [1.165, 1.54) is 0 Å². The van der Waals surface area contributed by atoms with Gasteiger partial charge >= 0.3 is 0 Å². The number of pyridine rings is 1. The Labute approximate surface area is 97.2 Å². The Kier molecular flexibility index (Phi) is 3.65. The van der Waals surface area contributed by atoms with Crippen molar-refractivity contribution in [3.05, 3.63) is 23.9 Å². The van der Waals surface area contributed by atoms with Crippen LogP contribution in [0.25, 0.3) is 0 Å². The van der Waals surface area contributed by atoms with Gasteiger partial charge in [-0.25, -0.2) is 4.98 Å². The Morgan fingerprint density at radius 1 is 1.62 bits per heavy atom. The molecule has 2 rings (SSSR count). The summed E-state index contributed by atoms with van der Waals surface area (Å²) < 4.78 is 12.2. The molecule has 1 aromatic heterocycles. The van der Waals surface area contributed by atoms with Crippen molar-refractivity contribution in [1.29, 1.82) is 5.26 Å². The molecule has 0 spiro atoms. The summed E-state index contributed by atoms with van der Waals surface area (Å²) in [4.78, 5) is 4.08. The maximum atomic E-state index is 12.2. The SMILES string of the molecule is N#Cc1ccnc([S@@](=O)[C@@H]2CCCNC2)c1. The molecule has 1 aromatic rings. The zero-order chi connectivity index (χ0) is 11.4. The van der Waals surface area contributed by atoms with Gasteiger partial charge in [0.25, 0.3) is 0 Å². The third-order valence-corrected chi connectivity index (χ3v) is 4.27. The van der Waals surface area contributed by atoms with Crippen molar-refractivity contribution in [2.24, 2.45) is 0 Å². The second-order valence-corrected chi connectivity index (χ2v) is 5.44. The van der Waals surface area contributed by atoms with Crippen LogP contribution in [0.4, 0.5) is 0 Å². The summed E-state index contributed by atoms with van der Waals surface area (Å²) in [6.07, 6.45) is 3.55. The number of piperidine rings is 1. The van der Waals surface area contributed by atoms with Crippen LogP contribution in [0.3, 0.4) is 0 Å². The number of rotatable bonds is 2. The van der Waals surface area contributed by atoms with Crippen LogP contribution in [-0.2, 0) is 10.8 Å². The fourth-order valence-electron chi connectivity index (χ4n) is 1.76. The van der Waals surface area contributed by atoms with Crippen LogP contribution >= 0.6 is 0 Å². The lowest BCUT2D eigenvalue weighted by Gasteiger charge is -2.21. The fraction of sp³-hybridized carbons (Fsp3) is 0.455. The second kappa shape index (κ2) is 5.19. The molecule has 0 aliphatic carbocycles. The van der Waals surface area contributed by atoms with Gasteiger partial charge in [0, 0.05) is 12.7 Å². The van der Waals surface area contributed by atoms with E-state index in [1.54, 1.807) is 18.3 Å². The predicted molar refractivity (Wildman–Crippen MR) is 61.3 cm³/mol. The largest absolute Gasteiger partial charge is 0.316 e. The van der Waals surface area contributed by atoms with Crippen molar-refractivity contribution in [3.63, 3.8) is 0 Å². The smallest absolute Gasteiger partial charge is 0.128 e. The van der Waals surface area contributed by atoms with E-state index < -0.39 is 10.8 Å². The van der Waals surface area contributed by atoms with Crippen LogP contribution in [0.2, 0.25) is 0 Å². The quantitative estimate of drug-likeness (QED) is 0.824. The molecule has 0 amide bonds. The van der Waals surface area contributed by atoms with Gasteiger partial charge in [0.15, 0.2) is 0 Å². The lowest BCUT2D eigenvalue weighted by molar-refractivity contribution is 0.519. The number of nitrogens with zero attached hydrogens (tertiary/aromatic N) is 2. The Balaban J connectivity index is 2.16. The topological polar surface area (TPSA) is 65.8 Å². The third kappa shape index (κ3) is 2.46. The van der Waals surface area contributed by atoms with Crippen LogP contribution in [0, 0.1) is 11.3 Å². The number of hydrogen-bond acceptors (Lipinski definition) is 4. The average molecular weight is 235 g/mol. The molecule has 0 bridgehead atoms. The summed E-state index contributed by atoms with van der Waals surface area (Å²) >= 11 is 0. The Morgan fingerprint density at radius 2 is 2.50 bits per heavy atom. The van der Waals surface area contributed by atoms with E-state index in [0.29, 0.717) is 10.6 Å². The summed E-state index contributed by atoms with van der Waals surface area (Å²) in [6.45, 7) is 1.77. The van der Waals surface area contributed by atoms with Crippen LogP contribution in [0.15, 0.2) is 23.4 Å². The van der Waals surface area contributed by atoms with E-state index in [-0.39, 0.29) is 5.25 Å². The maximum absolute atomic E-state index is 12.2. The first-order valence-electron chi connectivity index (χ1n) is 5.28. The van der Waals surface area contributed by atoms with Crippen molar-refractivity contribution < 1.29 is 4.21 Å². The molecule has 1 aliphatic rings. The van der Waals surface area contributed by atoms with Crippen LogP contribution < -0.4 is 5.32 Å². The molecular weight excluding hydrogens is 222 g/mol. The van der Waals surface area contributed by atoms with E-state index in [2.05, 4.69) is 10.3 Å². The van der Waals surface area contributed by atoms with Gasteiger partial charge in [-0.05, 0) is 31.5 Å². The zero-order valence-corrected chi connectivity index (χ0v) is 9.67. The highest BCUT2D eigenvalue weighted by Gasteiger charge is 2.21. The maximum Gasteiger partial charge on any atom is 0.128 e. The van der Waals surface area contributed by atoms with E-state index >= 15 is 0 Å². The number of aromatic nitrogens is 1. The van der Waals surface area contributed by atoms with Gasteiger partial charge in [-0.3, -0.25) is 4.21 Å². The summed E-state index contributed by atoms with van der Waals surface area (Å²) in [7, 11) is -1.11. The number of nitriles is 1. The molecule has 1 aliphatic heterocycles. The van der Waals surface area contributed by atoms with E-state index in [9.17, 15) is 4.21 Å². The second-order valence-electron chi connectivity index (χ2n) is 3.76. The fourth-order valence-corrected chi connectivity index (χ4v) is 3.16. The predicted octanol–water partition coefficient (Wildman–Crippen LogP) is 0.813. The normalized spacial score (nSPS) is 22.3. The van der Waals surface area contributed by atoms with Crippen molar-refractivity contribution in [2.75, 3.05) is 13.1 Å². The first-order valence-corrected chi connectivity index (χ1v) is 6.50. The third-order valence-electron chi connectivity index (χ3n) is 2.62. The van der Waals surface area contributed by atoms with Crippen molar-refractivity contribution >= 4 is 10.8 Å². The summed E-state index contributed by atoms with van der Waals surface area (Å²) in [6, 6.07) is 5.28. The van der Waals surface area contributed by atoms with Crippen molar-refractivity contribution in [1.82, 2.24) is 10.3 Å². The van der Waals surface area contributed by atoms with Gasteiger partial charge in [-0.15, -0.1) is 0 Å². The molecule has 0 radical (unpaired) electrons. The minimum atomic E-state index is -1.11. The van der Waals surface area contributed by atoms with Gasteiger partial charge in [0.1, 0.15) is 5.03 Å². The first kappa shape index (κ1) is 11.2. The summed E-state index contributed by atoms with van der Waals surface area (Å²) in [5, 5.41) is 12.6. The molecule has 5 heteroatoms. The molecule has 1 fully saturated rings. The van der Waals surface area contributed by atoms with Gasteiger partial charge < -0.3 is 5.32 Å². The molecule has 1 saturated heterocycles. The molecule has 2 heterocycles.